The summed E-state index contributed by atoms with van der Waals surface area (Å²) >= 11 is 1.27. The van der Waals surface area contributed by atoms with Gasteiger partial charge >= 0.3 is 6.18 Å². The molecule has 0 radical (unpaired) electrons. The van der Waals surface area contributed by atoms with E-state index in [1.54, 1.807) is 25.4 Å². The summed E-state index contributed by atoms with van der Waals surface area (Å²) in [6, 6.07) is -0.545. The number of aromatic nitrogens is 3. The molecule has 0 aromatic carbocycles. The van der Waals surface area contributed by atoms with E-state index in [1.165, 1.54) is 16.2 Å². The molecule has 1 aliphatic rings. The summed E-state index contributed by atoms with van der Waals surface area (Å²) in [6.45, 7) is 3.48. The number of nitrogens with one attached hydrogen (secondary N) is 1. The molecule has 3 heterocycles. The molecule has 2 amide bonds. The van der Waals surface area contributed by atoms with Gasteiger partial charge in [0.05, 0.1) is 17.7 Å². The maximum absolute atomic E-state index is 13.5. The van der Waals surface area contributed by atoms with E-state index < -0.39 is 35.3 Å². The summed E-state index contributed by atoms with van der Waals surface area (Å²) in [5.41, 5.74) is -1.54. The van der Waals surface area contributed by atoms with Crippen molar-refractivity contribution in [3.8, 4) is 0 Å². The molecular weight excluding hydrogens is 395 g/mol. The van der Waals surface area contributed by atoms with Gasteiger partial charge in [0, 0.05) is 30.7 Å². The summed E-state index contributed by atoms with van der Waals surface area (Å²) < 4.78 is 41.4. The highest BCUT2D eigenvalue weighted by Gasteiger charge is 2.42. The molecule has 11 heteroatoms. The number of piperidine rings is 1. The second-order valence-electron chi connectivity index (χ2n) is 6.86. The highest BCUT2D eigenvalue weighted by molar-refractivity contribution is 7.13. The third-order valence-corrected chi connectivity index (χ3v) is 5.21. The molecule has 3 rings (SSSR count). The van der Waals surface area contributed by atoms with Crippen LogP contribution in [0.1, 0.15) is 48.8 Å². The minimum Gasteiger partial charge on any atom is -0.338 e. The van der Waals surface area contributed by atoms with Gasteiger partial charge in [-0.2, -0.15) is 18.3 Å². The number of amides is 2. The van der Waals surface area contributed by atoms with Gasteiger partial charge in [0.25, 0.3) is 5.91 Å². The van der Waals surface area contributed by atoms with Crippen LogP contribution in [-0.2, 0) is 11.0 Å². The normalized spacial score (nSPS) is 17.8. The van der Waals surface area contributed by atoms with Gasteiger partial charge in [-0.05, 0) is 26.7 Å². The van der Waals surface area contributed by atoms with E-state index in [9.17, 15) is 22.8 Å². The standard InChI is InChI=1S/C17H20F3N5O2S/c1-10(2)25-13(17(18,19)20)12(8-22-25)15(27)24-6-3-4-11(9-24)14(26)23-16-21-5-7-28-16/h5,7-8,10-11H,3-4,6,9H2,1-2H3,(H,21,23,26). The Labute approximate surface area is 163 Å². The molecule has 28 heavy (non-hydrogen) atoms. The lowest BCUT2D eigenvalue weighted by molar-refractivity contribution is -0.145. The molecular formula is C17H20F3N5O2S. The second kappa shape index (κ2) is 7.90. The van der Waals surface area contributed by atoms with E-state index in [-0.39, 0.29) is 12.5 Å². The number of alkyl halides is 3. The monoisotopic (exact) mass is 415 g/mol. The Balaban J connectivity index is 1.78. The lowest BCUT2D eigenvalue weighted by atomic mass is 9.96. The van der Waals surface area contributed by atoms with Crippen molar-refractivity contribution >= 4 is 28.3 Å². The minimum atomic E-state index is -4.71. The van der Waals surface area contributed by atoms with Gasteiger partial charge in [0.2, 0.25) is 5.91 Å². The Morgan fingerprint density at radius 2 is 2.11 bits per heavy atom. The van der Waals surface area contributed by atoms with Gasteiger partial charge < -0.3 is 10.2 Å². The average molecular weight is 415 g/mol. The molecule has 1 unspecified atom stereocenters. The second-order valence-corrected chi connectivity index (χ2v) is 7.75. The highest BCUT2D eigenvalue weighted by Crippen LogP contribution is 2.34. The molecule has 1 N–H and O–H groups in total. The lowest BCUT2D eigenvalue weighted by Gasteiger charge is -2.32. The molecule has 0 bridgehead atoms. The molecule has 1 saturated heterocycles. The fraction of sp³-hybridized carbons (Fsp3) is 0.529. The number of anilines is 1. The molecule has 2 aromatic rings. The summed E-state index contributed by atoms with van der Waals surface area (Å²) in [4.78, 5) is 30.5. The number of carbonyl (C=O) groups is 2. The van der Waals surface area contributed by atoms with Crippen molar-refractivity contribution in [3.05, 3.63) is 29.0 Å². The summed E-state index contributed by atoms with van der Waals surface area (Å²) in [6.07, 6.45) is -1.10. The fourth-order valence-corrected chi connectivity index (χ4v) is 3.76. The Kier molecular flexibility index (Phi) is 5.73. The van der Waals surface area contributed by atoms with Crippen LogP contribution >= 0.6 is 11.3 Å². The summed E-state index contributed by atoms with van der Waals surface area (Å²) in [7, 11) is 0. The van der Waals surface area contributed by atoms with Gasteiger partial charge in [0.15, 0.2) is 10.8 Å². The average Bonchev–Trinajstić information content (AvgIpc) is 3.30. The number of hydrogen-bond donors (Lipinski definition) is 1. The number of rotatable bonds is 4. The Hall–Kier alpha value is -2.43. The van der Waals surface area contributed by atoms with Crippen molar-refractivity contribution in [3.63, 3.8) is 0 Å². The first-order valence-corrected chi connectivity index (χ1v) is 9.70. The van der Waals surface area contributed by atoms with Crippen molar-refractivity contribution < 1.29 is 22.8 Å². The number of nitrogens with zero attached hydrogens (tertiary/aromatic N) is 4. The topological polar surface area (TPSA) is 80.1 Å². The smallest absolute Gasteiger partial charge is 0.338 e. The van der Waals surface area contributed by atoms with Crippen LogP contribution in [-0.4, -0.2) is 44.6 Å². The fourth-order valence-electron chi connectivity index (χ4n) is 3.23. The van der Waals surface area contributed by atoms with Gasteiger partial charge in [0.1, 0.15) is 0 Å². The van der Waals surface area contributed by atoms with Gasteiger partial charge in [-0.1, -0.05) is 0 Å². The molecule has 1 fully saturated rings. The Bertz CT molecular complexity index is 848. The molecule has 7 nitrogen and oxygen atoms in total. The maximum Gasteiger partial charge on any atom is 0.433 e. The number of halogens is 3. The Morgan fingerprint density at radius 1 is 1.36 bits per heavy atom. The SMILES string of the molecule is CC(C)n1ncc(C(=O)N2CCCC(C(=O)Nc3nccs3)C2)c1C(F)(F)F. The molecule has 1 aliphatic heterocycles. The highest BCUT2D eigenvalue weighted by atomic mass is 32.1. The Morgan fingerprint density at radius 3 is 2.71 bits per heavy atom. The van der Waals surface area contributed by atoms with E-state index in [0.717, 1.165) is 10.9 Å². The number of thiazole rings is 1. The third-order valence-electron chi connectivity index (χ3n) is 4.53. The molecule has 1 atom stereocenters. The van der Waals surface area contributed by atoms with E-state index in [1.807, 2.05) is 0 Å². The van der Waals surface area contributed by atoms with Crippen molar-refractivity contribution in [1.82, 2.24) is 19.7 Å². The minimum absolute atomic E-state index is 0.0558. The van der Waals surface area contributed by atoms with Crippen LogP contribution in [0.15, 0.2) is 17.8 Å². The first-order valence-electron chi connectivity index (χ1n) is 8.82. The van der Waals surface area contributed by atoms with Crippen LogP contribution in [0.25, 0.3) is 0 Å². The van der Waals surface area contributed by atoms with Crippen molar-refractivity contribution in [2.75, 3.05) is 18.4 Å². The number of hydrogen-bond acceptors (Lipinski definition) is 5. The maximum atomic E-state index is 13.5. The molecule has 0 aliphatic carbocycles. The first-order chi connectivity index (χ1) is 13.2. The third kappa shape index (κ3) is 4.18. The van der Waals surface area contributed by atoms with E-state index in [0.29, 0.717) is 24.5 Å². The van der Waals surface area contributed by atoms with E-state index >= 15 is 0 Å². The first kappa shape index (κ1) is 20.3. The zero-order chi connectivity index (χ0) is 20.5. The van der Waals surface area contributed by atoms with Crippen LogP contribution in [0.3, 0.4) is 0 Å². The van der Waals surface area contributed by atoms with Gasteiger partial charge in [-0.3, -0.25) is 14.3 Å². The number of likely N-dealkylation sites (tertiary alicyclic amines) is 1. The molecule has 0 spiro atoms. The van der Waals surface area contributed by atoms with Crippen molar-refractivity contribution in [2.45, 2.75) is 38.9 Å². The lowest BCUT2D eigenvalue weighted by Crippen LogP contribution is -2.44. The van der Waals surface area contributed by atoms with Crippen molar-refractivity contribution in [2.24, 2.45) is 5.92 Å². The molecule has 0 saturated carbocycles. The van der Waals surface area contributed by atoms with Gasteiger partial charge in [-0.25, -0.2) is 4.98 Å². The van der Waals surface area contributed by atoms with E-state index in [4.69, 9.17) is 0 Å². The van der Waals surface area contributed by atoms with Crippen LogP contribution in [0.5, 0.6) is 0 Å². The summed E-state index contributed by atoms with van der Waals surface area (Å²) in [5.74, 6) is -1.55. The zero-order valence-corrected chi connectivity index (χ0v) is 16.2. The largest absolute Gasteiger partial charge is 0.433 e. The van der Waals surface area contributed by atoms with Crippen LogP contribution in [0, 0.1) is 5.92 Å². The zero-order valence-electron chi connectivity index (χ0n) is 15.4. The number of carbonyl (C=O) groups excluding carboxylic acids is 2. The van der Waals surface area contributed by atoms with Crippen LogP contribution in [0.4, 0.5) is 18.3 Å². The van der Waals surface area contributed by atoms with Crippen molar-refractivity contribution in [1.29, 1.82) is 0 Å². The van der Waals surface area contributed by atoms with E-state index in [2.05, 4.69) is 15.4 Å². The summed E-state index contributed by atoms with van der Waals surface area (Å²) in [5, 5.41) is 8.61. The van der Waals surface area contributed by atoms with Gasteiger partial charge in [-0.15, -0.1) is 11.3 Å². The molecule has 2 aromatic heterocycles. The van der Waals surface area contributed by atoms with Crippen LogP contribution < -0.4 is 5.32 Å². The predicted octanol–water partition coefficient (Wildman–Crippen LogP) is 3.43. The van der Waals surface area contributed by atoms with Crippen LogP contribution in [0.2, 0.25) is 0 Å². The molecule has 152 valence electrons. The predicted molar refractivity (Wildman–Crippen MR) is 97.0 cm³/mol. The quantitative estimate of drug-likeness (QED) is 0.830.